The van der Waals surface area contributed by atoms with Crippen molar-refractivity contribution in [3.63, 3.8) is 0 Å². The van der Waals surface area contributed by atoms with E-state index < -0.39 is 5.60 Å². The van der Waals surface area contributed by atoms with Crippen LogP contribution in [0.4, 0.5) is 0 Å². The molecule has 1 aromatic rings. The van der Waals surface area contributed by atoms with Crippen molar-refractivity contribution in [3.8, 4) is 0 Å². The lowest BCUT2D eigenvalue weighted by Crippen LogP contribution is -2.49. The van der Waals surface area contributed by atoms with Gasteiger partial charge in [-0.3, -0.25) is 4.98 Å². The molecule has 0 spiro atoms. The fourth-order valence-corrected chi connectivity index (χ4v) is 2.17. The largest absolute Gasteiger partial charge is 0.389 e. The van der Waals surface area contributed by atoms with Crippen LogP contribution < -0.4 is 0 Å². The van der Waals surface area contributed by atoms with Gasteiger partial charge in [0.2, 0.25) is 0 Å². The first-order chi connectivity index (χ1) is 7.22. The topological polar surface area (TPSA) is 42.4 Å². The highest BCUT2D eigenvalue weighted by Crippen LogP contribution is 2.37. The van der Waals surface area contributed by atoms with E-state index in [1.807, 2.05) is 19.1 Å². The van der Waals surface area contributed by atoms with Crippen molar-refractivity contribution in [3.05, 3.63) is 30.1 Å². The monoisotopic (exact) mass is 207 g/mol. The van der Waals surface area contributed by atoms with Gasteiger partial charge in [-0.05, 0) is 24.6 Å². The highest BCUT2D eigenvalue weighted by atomic mass is 16.5. The lowest BCUT2D eigenvalue weighted by Gasteiger charge is -2.43. The summed E-state index contributed by atoms with van der Waals surface area (Å²) >= 11 is 0. The lowest BCUT2D eigenvalue weighted by atomic mass is 9.74. The lowest BCUT2D eigenvalue weighted by molar-refractivity contribution is -0.136. The molecule has 1 aliphatic carbocycles. The molecule has 1 aliphatic rings. The van der Waals surface area contributed by atoms with Crippen LogP contribution in [-0.2, 0) is 11.2 Å². The minimum absolute atomic E-state index is 0.252. The minimum atomic E-state index is -0.554. The van der Waals surface area contributed by atoms with Crippen LogP contribution in [0.1, 0.15) is 25.3 Å². The molecule has 1 heterocycles. The van der Waals surface area contributed by atoms with E-state index in [0.29, 0.717) is 6.42 Å². The molecule has 0 saturated heterocycles. The minimum Gasteiger partial charge on any atom is -0.389 e. The SMILES string of the molecule is CCOC1CC(O)(Cc2ccncc2)C1. The number of pyridine rings is 1. The first-order valence-electron chi connectivity index (χ1n) is 5.45. The molecule has 0 atom stereocenters. The molecule has 1 saturated carbocycles. The molecule has 0 amide bonds. The van der Waals surface area contributed by atoms with E-state index in [1.165, 1.54) is 0 Å². The zero-order valence-electron chi connectivity index (χ0n) is 9.02. The van der Waals surface area contributed by atoms with Gasteiger partial charge in [0, 0.05) is 38.3 Å². The number of hydrogen-bond donors (Lipinski definition) is 1. The predicted octanol–water partition coefficient (Wildman–Crippen LogP) is 1.55. The molecule has 1 N–H and O–H groups in total. The Bertz CT molecular complexity index is 307. The molecule has 2 rings (SSSR count). The second-order valence-electron chi connectivity index (χ2n) is 4.24. The van der Waals surface area contributed by atoms with E-state index in [1.54, 1.807) is 12.4 Å². The number of aliphatic hydroxyl groups is 1. The summed E-state index contributed by atoms with van der Waals surface area (Å²) in [6, 6.07) is 3.90. The Morgan fingerprint density at radius 3 is 2.73 bits per heavy atom. The van der Waals surface area contributed by atoms with E-state index in [4.69, 9.17) is 4.74 Å². The van der Waals surface area contributed by atoms with E-state index in [2.05, 4.69) is 4.98 Å². The van der Waals surface area contributed by atoms with Crippen LogP contribution in [-0.4, -0.2) is 28.4 Å². The first-order valence-corrected chi connectivity index (χ1v) is 5.45. The average molecular weight is 207 g/mol. The van der Waals surface area contributed by atoms with Crippen LogP contribution in [0.5, 0.6) is 0 Å². The highest BCUT2D eigenvalue weighted by Gasteiger charge is 2.42. The highest BCUT2D eigenvalue weighted by molar-refractivity contribution is 5.15. The normalized spacial score (nSPS) is 29.9. The summed E-state index contributed by atoms with van der Waals surface area (Å²) in [6.45, 7) is 2.72. The van der Waals surface area contributed by atoms with Crippen molar-refractivity contribution in [2.45, 2.75) is 37.9 Å². The zero-order chi connectivity index (χ0) is 10.7. The number of ether oxygens (including phenoxy) is 1. The molecule has 0 bridgehead atoms. The molecule has 0 unspecified atom stereocenters. The van der Waals surface area contributed by atoms with Crippen LogP contribution in [0, 0.1) is 0 Å². The van der Waals surface area contributed by atoms with Gasteiger partial charge in [0.05, 0.1) is 11.7 Å². The van der Waals surface area contributed by atoms with Gasteiger partial charge in [0.15, 0.2) is 0 Å². The van der Waals surface area contributed by atoms with Gasteiger partial charge >= 0.3 is 0 Å². The maximum absolute atomic E-state index is 10.2. The maximum atomic E-state index is 10.2. The predicted molar refractivity (Wildman–Crippen MR) is 57.5 cm³/mol. The third-order valence-corrected chi connectivity index (χ3v) is 2.90. The summed E-state index contributed by atoms with van der Waals surface area (Å²) in [5.74, 6) is 0. The molecule has 1 fully saturated rings. The third kappa shape index (κ3) is 2.55. The number of aromatic nitrogens is 1. The van der Waals surface area contributed by atoms with Gasteiger partial charge in [0.1, 0.15) is 0 Å². The second kappa shape index (κ2) is 4.29. The summed E-state index contributed by atoms with van der Waals surface area (Å²) in [5.41, 5.74) is 0.587. The van der Waals surface area contributed by atoms with Crippen molar-refractivity contribution in [1.29, 1.82) is 0 Å². The Labute approximate surface area is 90.1 Å². The van der Waals surface area contributed by atoms with Crippen molar-refractivity contribution >= 4 is 0 Å². The third-order valence-electron chi connectivity index (χ3n) is 2.90. The molecule has 3 heteroatoms. The molecule has 1 aromatic heterocycles. The molecule has 0 radical (unpaired) electrons. The Kier molecular flexibility index (Phi) is 3.03. The van der Waals surface area contributed by atoms with Gasteiger partial charge in [-0.2, -0.15) is 0 Å². The fourth-order valence-electron chi connectivity index (χ4n) is 2.17. The van der Waals surface area contributed by atoms with Gasteiger partial charge in [-0.25, -0.2) is 0 Å². The zero-order valence-corrected chi connectivity index (χ0v) is 9.02. The second-order valence-corrected chi connectivity index (χ2v) is 4.24. The van der Waals surface area contributed by atoms with Crippen LogP contribution in [0.2, 0.25) is 0 Å². The van der Waals surface area contributed by atoms with Gasteiger partial charge in [-0.15, -0.1) is 0 Å². The molecule has 0 aliphatic heterocycles. The number of nitrogens with zero attached hydrogens (tertiary/aromatic N) is 1. The summed E-state index contributed by atoms with van der Waals surface area (Å²) in [5, 5.41) is 10.2. The van der Waals surface area contributed by atoms with Crippen LogP contribution in [0.25, 0.3) is 0 Å². The Balaban J connectivity index is 1.86. The summed E-state index contributed by atoms with van der Waals surface area (Å²) in [4.78, 5) is 3.96. The van der Waals surface area contributed by atoms with Gasteiger partial charge in [0.25, 0.3) is 0 Å². The smallest absolute Gasteiger partial charge is 0.0737 e. The van der Waals surface area contributed by atoms with Crippen LogP contribution in [0.15, 0.2) is 24.5 Å². The van der Waals surface area contributed by atoms with Crippen LogP contribution >= 0.6 is 0 Å². The molecule has 3 nitrogen and oxygen atoms in total. The van der Waals surface area contributed by atoms with E-state index in [-0.39, 0.29) is 6.10 Å². The Hall–Kier alpha value is -0.930. The Morgan fingerprint density at radius 2 is 2.13 bits per heavy atom. The average Bonchev–Trinajstić information content (AvgIpc) is 2.17. The van der Waals surface area contributed by atoms with E-state index >= 15 is 0 Å². The van der Waals surface area contributed by atoms with E-state index in [9.17, 15) is 5.11 Å². The van der Waals surface area contributed by atoms with Gasteiger partial charge in [-0.1, -0.05) is 0 Å². The van der Waals surface area contributed by atoms with E-state index in [0.717, 1.165) is 25.0 Å². The summed E-state index contributed by atoms with van der Waals surface area (Å²) in [7, 11) is 0. The quantitative estimate of drug-likeness (QED) is 0.814. The maximum Gasteiger partial charge on any atom is 0.0737 e. The fraction of sp³-hybridized carbons (Fsp3) is 0.583. The van der Waals surface area contributed by atoms with Crippen molar-refractivity contribution < 1.29 is 9.84 Å². The molecule has 15 heavy (non-hydrogen) atoms. The molecular formula is C12H17NO2. The number of rotatable bonds is 4. The van der Waals surface area contributed by atoms with Crippen molar-refractivity contribution in [2.75, 3.05) is 6.61 Å². The van der Waals surface area contributed by atoms with Crippen molar-refractivity contribution in [1.82, 2.24) is 4.98 Å². The summed E-state index contributed by atoms with van der Waals surface area (Å²) < 4.78 is 5.44. The standard InChI is InChI=1S/C12H17NO2/c1-2-15-11-8-12(14,9-11)7-10-3-5-13-6-4-10/h3-6,11,14H,2,7-9H2,1H3. The number of hydrogen-bond acceptors (Lipinski definition) is 3. The van der Waals surface area contributed by atoms with Gasteiger partial charge < -0.3 is 9.84 Å². The molecule has 0 aromatic carbocycles. The molecular weight excluding hydrogens is 190 g/mol. The van der Waals surface area contributed by atoms with Crippen LogP contribution in [0.3, 0.4) is 0 Å². The summed E-state index contributed by atoms with van der Waals surface area (Å²) in [6.07, 6.45) is 5.99. The Morgan fingerprint density at radius 1 is 1.47 bits per heavy atom. The molecule has 82 valence electrons. The van der Waals surface area contributed by atoms with Crippen molar-refractivity contribution in [2.24, 2.45) is 0 Å². The first kappa shape index (κ1) is 10.6.